The second-order valence-corrected chi connectivity index (χ2v) is 3.62. The first-order valence-electron chi connectivity index (χ1n) is 4.42. The fourth-order valence-corrected chi connectivity index (χ4v) is 1.48. The smallest absolute Gasteiger partial charge is 0.254 e. The monoisotopic (exact) mass is 237 g/mol. The zero-order chi connectivity index (χ0) is 11.7. The van der Waals surface area contributed by atoms with Gasteiger partial charge in [-0.15, -0.1) is 0 Å². The molecular weight excluding hydrogens is 230 g/mol. The lowest BCUT2D eigenvalue weighted by atomic mass is 10.1. The predicted molar refractivity (Wildman–Crippen MR) is 61.4 cm³/mol. The molecule has 0 saturated carbocycles. The molecule has 5 nitrogen and oxygen atoms in total. The van der Waals surface area contributed by atoms with E-state index in [0.29, 0.717) is 16.3 Å². The van der Waals surface area contributed by atoms with Gasteiger partial charge in [-0.2, -0.15) is 4.98 Å². The summed E-state index contributed by atoms with van der Waals surface area (Å²) in [6.07, 6.45) is 0. The summed E-state index contributed by atoms with van der Waals surface area (Å²) in [5.74, 6) is -0.178. The van der Waals surface area contributed by atoms with E-state index in [9.17, 15) is 9.90 Å². The Morgan fingerprint density at radius 2 is 2.12 bits per heavy atom. The number of hydrogen-bond acceptors (Lipinski definition) is 4. The standard InChI is InChI=1S/C10H8ClN3O2/c11-5-1-2-7(12)6(3-5)10-13-8(15)4-9(16)14-10/h1-4H,12H2,(H2,13,14,15,16). The van der Waals surface area contributed by atoms with Gasteiger partial charge < -0.3 is 15.8 Å². The van der Waals surface area contributed by atoms with Crippen LogP contribution < -0.4 is 11.3 Å². The molecule has 0 unspecified atom stereocenters. The number of nitrogen functional groups attached to an aromatic ring is 1. The molecule has 6 heteroatoms. The van der Waals surface area contributed by atoms with Gasteiger partial charge in [0.1, 0.15) is 5.82 Å². The molecule has 1 aromatic carbocycles. The van der Waals surface area contributed by atoms with E-state index in [-0.39, 0.29) is 11.7 Å². The number of halogens is 1. The molecule has 16 heavy (non-hydrogen) atoms. The third kappa shape index (κ3) is 1.99. The quantitative estimate of drug-likeness (QED) is 0.654. The van der Waals surface area contributed by atoms with Crippen molar-refractivity contribution in [2.24, 2.45) is 0 Å². The second-order valence-electron chi connectivity index (χ2n) is 3.18. The maximum Gasteiger partial charge on any atom is 0.254 e. The van der Waals surface area contributed by atoms with Crippen LogP contribution in [-0.2, 0) is 0 Å². The minimum absolute atomic E-state index is 0.185. The van der Waals surface area contributed by atoms with Crippen LogP contribution in [-0.4, -0.2) is 15.1 Å². The van der Waals surface area contributed by atoms with Crippen molar-refractivity contribution < 1.29 is 5.11 Å². The summed E-state index contributed by atoms with van der Waals surface area (Å²) < 4.78 is 0. The zero-order valence-electron chi connectivity index (χ0n) is 8.07. The number of H-pyrrole nitrogens is 1. The van der Waals surface area contributed by atoms with Crippen molar-refractivity contribution in [2.45, 2.75) is 0 Å². The van der Waals surface area contributed by atoms with Gasteiger partial charge in [-0.3, -0.25) is 4.79 Å². The lowest BCUT2D eigenvalue weighted by molar-refractivity contribution is 0.452. The number of nitrogens with zero attached hydrogens (tertiary/aromatic N) is 1. The van der Waals surface area contributed by atoms with Gasteiger partial charge in [0.2, 0.25) is 5.88 Å². The number of nitrogens with two attached hydrogens (primary N) is 1. The molecule has 0 aliphatic heterocycles. The molecule has 4 N–H and O–H groups in total. The lowest BCUT2D eigenvalue weighted by Crippen LogP contribution is -2.07. The highest BCUT2D eigenvalue weighted by molar-refractivity contribution is 6.31. The highest BCUT2D eigenvalue weighted by atomic mass is 35.5. The van der Waals surface area contributed by atoms with Crippen LogP contribution in [0.4, 0.5) is 5.69 Å². The van der Waals surface area contributed by atoms with Crippen molar-refractivity contribution in [3.8, 4) is 17.3 Å². The van der Waals surface area contributed by atoms with Crippen molar-refractivity contribution in [3.63, 3.8) is 0 Å². The molecule has 0 spiro atoms. The lowest BCUT2D eigenvalue weighted by Gasteiger charge is -2.05. The van der Waals surface area contributed by atoms with Crippen LogP contribution >= 0.6 is 11.6 Å². The molecule has 0 bridgehead atoms. The third-order valence-electron chi connectivity index (χ3n) is 2.00. The molecule has 2 rings (SSSR count). The summed E-state index contributed by atoms with van der Waals surface area (Å²) >= 11 is 5.81. The Bertz CT molecular complexity index is 595. The van der Waals surface area contributed by atoms with E-state index >= 15 is 0 Å². The van der Waals surface area contributed by atoms with E-state index in [4.69, 9.17) is 17.3 Å². The minimum Gasteiger partial charge on any atom is -0.493 e. The number of hydrogen-bond donors (Lipinski definition) is 3. The van der Waals surface area contributed by atoms with Crippen LogP contribution in [0, 0.1) is 0 Å². The average molecular weight is 238 g/mol. The van der Waals surface area contributed by atoms with Crippen molar-refractivity contribution in [3.05, 3.63) is 39.6 Å². The van der Waals surface area contributed by atoms with Crippen molar-refractivity contribution in [2.75, 3.05) is 5.73 Å². The Balaban J connectivity index is 2.66. The van der Waals surface area contributed by atoms with Crippen LogP contribution in [0.15, 0.2) is 29.1 Å². The number of anilines is 1. The van der Waals surface area contributed by atoms with Gasteiger partial charge in [-0.1, -0.05) is 11.6 Å². The van der Waals surface area contributed by atoms with E-state index in [1.54, 1.807) is 18.2 Å². The first-order chi connectivity index (χ1) is 7.56. The largest absolute Gasteiger partial charge is 0.493 e. The van der Waals surface area contributed by atoms with Gasteiger partial charge >= 0.3 is 0 Å². The van der Waals surface area contributed by atoms with E-state index in [1.807, 2.05) is 0 Å². The molecular formula is C10H8ClN3O2. The molecule has 0 aliphatic rings. The number of rotatable bonds is 1. The molecule has 0 radical (unpaired) electrons. The molecule has 0 saturated heterocycles. The average Bonchev–Trinajstić information content (AvgIpc) is 2.20. The molecule has 1 aromatic heterocycles. The van der Waals surface area contributed by atoms with E-state index in [0.717, 1.165) is 6.07 Å². The summed E-state index contributed by atoms with van der Waals surface area (Å²) in [5.41, 5.74) is 6.15. The fraction of sp³-hybridized carbons (Fsp3) is 0. The Hall–Kier alpha value is -2.01. The molecule has 1 heterocycles. The van der Waals surface area contributed by atoms with Gasteiger partial charge in [0.05, 0.1) is 6.07 Å². The van der Waals surface area contributed by atoms with Crippen molar-refractivity contribution in [1.29, 1.82) is 0 Å². The highest BCUT2D eigenvalue weighted by Gasteiger charge is 2.07. The summed E-state index contributed by atoms with van der Waals surface area (Å²) in [6.45, 7) is 0. The first-order valence-corrected chi connectivity index (χ1v) is 4.80. The van der Waals surface area contributed by atoms with E-state index < -0.39 is 5.56 Å². The second kappa shape index (κ2) is 3.86. The van der Waals surface area contributed by atoms with E-state index in [1.165, 1.54) is 0 Å². The molecule has 82 valence electrons. The van der Waals surface area contributed by atoms with Gasteiger partial charge in [0.25, 0.3) is 5.56 Å². The molecule has 0 fully saturated rings. The SMILES string of the molecule is Nc1ccc(Cl)cc1-c1nc(O)cc(=O)[nH]1. The number of benzene rings is 1. The molecule has 2 aromatic rings. The Kier molecular flexibility index (Phi) is 2.54. The van der Waals surface area contributed by atoms with Gasteiger partial charge in [-0.05, 0) is 18.2 Å². The number of nitrogens with one attached hydrogen (secondary N) is 1. The van der Waals surface area contributed by atoms with Gasteiger partial charge in [0, 0.05) is 16.3 Å². The van der Waals surface area contributed by atoms with Crippen LogP contribution in [0.5, 0.6) is 5.88 Å². The summed E-state index contributed by atoms with van der Waals surface area (Å²) in [4.78, 5) is 17.4. The number of aromatic nitrogens is 2. The van der Waals surface area contributed by atoms with E-state index in [2.05, 4.69) is 9.97 Å². The molecule has 0 amide bonds. The summed E-state index contributed by atoms with van der Waals surface area (Å²) in [5, 5.41) is 9.68. The topological polar surface area (TPSA) is 92.0 Å². The van der Waals surface area contributed by atoms with Crippen molar-refractivity contribution in [1.82, 2.24) is 9.97 Å². The predicted octanol–water partition coefficient (Wildman–Crippen LogP) is 1.38. The van der Waals surface area contributed by atoms with Crippen LogP contribution in [0.2, 0.25) is 5.02 Å². The zero-order valence-corrected chi connectivity index (χ0v) is 8.82. The highest BCUT2D eigenvalue weighted by Crippen LogP contribution is 2.26. The molecule has 0 atom stereocenters. The van der Waals surface area contributed by atoms with Gasteiger partial charge in [0.15, 0.2) is 0 Å². The van der Waals surface area contributed by atoms with Crippen molar-refractivity contribution >= 4 is 17.3 Å². The maximum atomic E-state index is 11.2. The fourth-order valence-electron chi connectivity index (χ4n) is 1.31. The molecule has 0 aliphatic carbocycles. The van der Waals surface area contributed by atoms with Gasteiger partial charge in [-0.25, -0.2) is 0 Å². The normalized spacial score (nSPS) is 10.3. The number of aromatic hydroxyl groups is 1. The first kappa shape index (κ1) is 10.5. The number of aromatic amines is 1. The Labute approximate surface area is 95.5 Å². The Morgan fingerprint density at radius 3 is 2.81 bits per heavy atom. The minimum atomic E-state index is -0.457. The summed E-state index contributed by atoms with van der Waals surface area (Å²) in [6, 6.07) is 5.77. The third-order valence-corrected chi connectivity index (χ3v) is 2.23. The summed E-state index contributed by atoms with van der Waals surface area (Å²) in [7, 11) is 0. The van der Waals surface area contributed by atoms with Crippen LogP contribution in [0.3, 0.4) is 0 Å². The van der Waals surface area contributed by atoms with Crippen LogP contribution in [0.1, 0.15) is 0 Å². The maximum absolute atomic E-state index is 11.2. The van der Waals surface area contributed by atoms with Crippen LogP contribution in [0.25, 0.3) is 11.4 Å². The Morgan fingerprint density at radius 1 is 1.38 bits per heavy atom.